The molecule has 0 atom stereocenters. The largest absolute Gasteiger partial charge is 0.501 e. The van der Waals surface area contributed by atoms with Gasteiger partial charge in [-0.15, -0.1) is 0 Å². The Hall–Kier alpha value is -3.68. The standard InChI is InChI=1S/C18H11FO7/c19-10-3-1-9(2-4-10)7-11-5-6-13(25-11)16(22)17-15(21)12(20)8-14(26-17)18(23)24/h1-6,8,21H,7H2,(H,23,24). The van der Waals surface area contributed by atoms with Crippen LogP contribution in [0.1, 0.15) is 38.2 Å². The normalized spacial score (nSPS) is 10.7. The second-order valence-electron chi connectivity index (χ2n) is 5.36. The molecule has 0 bridgehead atoms. The van der Waals surface area contributed by atoms with Gasteiger partial charge in [-0.3, -0.25) is 9.59 Å². The number of ketones is 1. The van der Waals surface area contributed by atoms with E-state index in [9.17, 15) is 23.9 Å². The number of hydrogen-bond acceptors (Lipinski definition) is 6. The van der Waals surface area contributed by atoms with Gasteiger partial charge in [0.15, 0.2) is 5.76 Å². The highest BCUT2D eigenvalue weighted by Crippen LogP contribution is 2.21. The fraction of sp³-hybridized carbons (Fsp3) is 0.0556. The Labute approximate surface area is 144 Å². The maximum absolute atomic E-state index is 12.9. The molecule has 0 aliphatic carbocycles. The highest BCUT2D eigenvalue weighted by Gasteiger charge is 2.25. The van der Waals surface area contributed by atoms with E-state index in [0.29, 0.717) is 11.8 Å². The van der Waals surface area contributed by atoms with Crippen LogP contribution in [0.25, 0.3) is 0 Å². The van der Waals surface area contributed by atoms with Gasteiger partial charge < -0.3 is 19.0 Å². The van der Waals surface area contributed by atoms with Crippen molar-refractivity contribution in [3.8, 4) is 5.75 Å². The molecule has 3 rings (SSSR count). The number of carboxylic acid groups (broad SMARTS) is 1. The Balaban J connectivity index is 1.90. The lowest BCUT2D eigenvalue weighted by molar-refractivity contribution is 0.0655. The number of furan rings is 1. The van der Waals surface area contributed by atoms with E-state index < -0.39 is 34.5 Å². The predicted octanol–water partition coefficient (Wildman–Crippen LogP) is 2.60. The first kappa shape index (κ1) is 17.2. The number of carbonyl (C=O) groups is 2. The van der Waals surface area contributed by atoms with Crippen LogP contribution in [-0.4, -0.2) is 22.0 Å². The second-order valence-corrected chi connectivity index (χ2v) is 5.36. The molecule has 132 valence electrons. The topological polar surface area (TPSA) is 118 Å². The van der Waals surface area contributed by atoms with Crippen LogP contribution in [0.15, 0.2) is 56.1 Å². The van der Waals surface area contributed by atoms with Crippen molar-refractivity contribution < 1.29 is 33.0 Å². The maximum Gasteiger partial charge on any atom is 0.371 e. The molecule has 0 amide bonds. The lowest BCUT2D eigenvalue weighted by Crippen LogP contribution is -2.12. The van der Waals surface area contributed by atoms with Crippen molar-refractivity contribution in [3.63, 3.8) is 0 Å². The van der Waals surface area contributed by atoms with Crippen LogP contribution in [0.4, 0.5) is 4.39 Å². The van der Waals surface area contributed by atoms with E-state index in [1.165, 1.54) is 24.3 Å². The van der Waals surface area contributed by atoms with Crippen molar-refractivity contribution in [1.82, 2.24) is 0 Å². The van der Waals surface area contributed by atoms with Crippen molar-refractivity contribution in [2.75, 3.05) is 0 Å². The van der Waals surface area contributed by atoms with Gasteiger partial charge in [-0.05, 0) is 29.8 Å². The minimum Gasteiger partial charge on any atom is -0.501 e. The van der Waals surface area contributed by atoms with E-state index >= 15 is 0 Å². The van der Waals surface area contributed by atoms with Crippen molar-refractivity contribution in [2.45, 2.75) is 6.42 Å². The van der Waals surface area contributed by atoms with Crippen LogP contribution >= 0.6 is 0 Å². The molecule has 0 radical (unpaired) electrons. The molecule has 0 unspecified atom stereocenters. The Kier molecular flexibility index (Phi) is 4.40. The number of benzene rings is 1. The molecule has 8 heteroatoms. The maximum atomic E-state index is 12.9. The lowest BCUT2D eigenvalue weighted by Gasteiger charge is -2.02. The second kappa shape index (κ2) is 6.67. The summed E-state index contributed by atoms with van der Waals surface area (Å²) in [4.78, 5) is 34.9. The number of halogens is 1. The lowest BCUT2D eigenvalue weighted by atomic mass is 10.1. The van der Waals surface area contributed by atoms with Gasteiger partial charge >= 0.3 is 5.97 Å². The SMILES string of the molecule is O=C(O)c1cc(=O)c(O)c(C(=O)c2ccc(Cc3ccc(F)cc3)o2)o1. The molecule has 0 aliphatic heterocycles. The first-order valence-corrected chi connectivity index (χ1v) is 7.33. The first-order valence-electron chi connectivity index (χ1n) is 7.33. The van der Waals surface area contributed by atoms with E-state index in [-0.39, 0.29) is 18.0 Å². The average molecular weight is 358 g/mol. The van der Waals surface area contributed by atoms with Gasteiger partial charge in [0.25, 0.3) is 5.78 Å². The number of aromatic carboxylic acids is 1. The summed E-state index contributed by atoms with van der Waals surface area (Å²) >= 11 is 0. The third-order valence-electron chi connectivity index (χ3n) is 3.52. The summed E-state index contributed by atoms with van der Waals surface area (Å²) in [7, 11) is 0. The Morgan fingerprint density at radius 1 is 1.00 bits per heavy atom. The van der Waals surface area contributed by atoms with Gasteiger partial charge in [0.1, 0.15) is 11.6 Å². The van der Waals surface area contributed by atoms with E-state index in [1.807, 2.05) is 0 Å². The third kappa shape index (κ3) is 3.39. The molecular weight excluding hydrogens is 347 g/mol. The van der Waals surface area contributed by atoms with Gasteiger partial charge in [-0.2, -0.15) is 0 Å². The molecule has 0 spiro atoms. The van der Waals surface area contributed by atoms with Crippen LogP contribution in [0.5, 0.6) is 5.75 Å². The average Bonchev–Trinajstić information content (AvgIpc) is 3.07. The minimum absolute atomic E-state index is 0.247. The van der Waals surface area contributed by atoms with Crippen molar-refractivity contribution >= 4 is 11.8 Å². The fourth-order valence-electron chi connectivity index (χ4n) is 2.26. The molecule has 0 aliphatic rings. The highest BCUT2D eigenvalue weighted by molar-refractivity contribution is 6.07. The number of rotatable bonds is 5. The molecule has 1 aromatic carbocycles. The summed E-state index contributed by atoms with van der Waals surface area (Å²) in [5.74, 6) is -5.41. The molecule has 0 fully saturated rings. The molecule has 2 aromatic heterocycles. The van der Waals surface area contributed by atoms with Gasteiger partial charge in [0.2, 0.25) is 22.7 Å². The summed E-state index contributed by atoms with van der Waals surface area (Å²) < 4.78 is 23.1. The van der Waals surface area contributed by atoms with Crippen LogP contribution in [0, 0.1) is 5.82 Å². The molecule has 26 heavy (non-hydrogen) atoms. The summed E-state index contributed by atoms with van der Waals surface area (Å²) in [5.41, 5.74) is -0.322. The number of aromatic hydroxyl groups is 1. The summed E-state index contributed by atoms with van der Waals surface area (Å²) in [5, 5.41) is 18.6. The van der Waals surface area contributed by atoms with Crippen molar-refractivity contribution in [1.29, 1.82) is 0 Å². The monoisotopic (exact) mass is 358 g/mol. The molecule has 0 saturated carbocycles. The van der Waals surface area contributed by atoms with Gasteiger partial charge in [-0.25, -0.2) is 9.18 Å². The minimum atomic E-state index is -1.56. The van der Waals surface area contributed by atoms with Gasteiger partial charge in [-0.1, -0.05) is 12.1 Å². The van der Waals surface area contributed by atoms with Crippen molar-refractivity contribution in [3.05, 3.63) is 87.1 Å². The fourth-order valence-corrected chi connectivity index (χ4v) is 2.26. The zero-order valence-corrected chi connectivity index (χ0v) is 13.1. The van der Waals surface area contributed by atoms with Crippen molar-refractivity contribution in [2.24, 2.45) is 0 Å². The van der Waals surface area contributed by atoms with Gasteiger partial charge in [0.05, 0.1) is 0 Å². The molecule has 0 saturated heterocycles. The van der Waals surface area contributed by atoms with Crippen LogP contribution in [-0.2, 0) is 6.42 Å². The Morgan fingerprint density at radius 2 is 1.69 bits per heavy atom. The quantitative estimate of drug-likeness (QED) is 0.673. The number of carboxylic acids is 1. The van der Waals surface area contributed by atoms with Crippen LogP contribution in [0.2, 0.25) is 0 Å². The molecule has 3 aromatic rings. The highest BCUT2D eigenvalue weighted by atomic mass is 19.1. The Bertz CT molecular complexity index is 1040. The zero-order chi connectivity index (χ0) is 18.8. The van der Waals surface area contributed by atoms with Crippen LogP contribution in [0.3, 0.4) is 0 Å². The molecule has 7 nitrogen and oxygen atoms in total. The smallest absolute Gasteiger partial charge is 0.371 e. The molecular formula is C18H11FO7. The summed E-state index contributed by atoms with van der Waals surface area (Å²) in [6.07, 6.45) is 0.276. The number of carbonyl (C=O) groups excluding carboxylic acids is 1. The van der Waals surface area contributed by atoms with E-state index in [1.54, 1.807) is 12.1 Å². The summed E-state index contributed by atoms with van der Waals surface area (Å²) in [6, 6.07) is 9.04. The molecule has 2 N–H and O–H groups in total. The summed E-state index contributed by atoms with van der Waals surface area (Å²) in [6.45, 7) is 0. The van der Waals surface area contributed by atoms with Gasteiger partial charge in [0, 0.05) is 12.5 Å². The zero-order valence-electron chi connectivity index (χ0n) is 13.1. The van der Waals surface area contributed by atoms with E-state index in [0.717, 1.165) is 5.56 Å². The number of hydrogen-bond donors (Lipinski definition) is 2. The molecule has 2 heterocycles. The van der Waals surface area contributed by atoms with E-state index in [2.05, 4.69) is 0 Å². The Morgan fingerprint density at radius 3 is 2.35 bits per heavy atom. The predicted molar refractivity (Wildman–Crippen MR) is 84.9 cm³/mol. The first-order chi connectivity index (χ1) is 12.3. The van der Waals surface area contributed by atoms with Crippen LogP contribution < -0.4 is 5.43 Å². The third-order valence-corrected chi connectivity index (χ3v) is 3.52. The van der Waals surface area contributed by atoms with E-state index in [4.69, 9.17) is 13.9 Å².